The van der Waals surface area contributed by atoms with E-state index >= 15 is 0 Å². The first-order valence-electron chi connectivity index (χ1n) is 6.00. The molecule has 1 aromatic heterocycles. The van der Waals surface area contributed by atoms with Gasteiger partial charge in [-0.3, -0.25) is 4.79 Å². The SMILES string of the molecule is CC(NC(=O)C(C#N)c1ccccc1)c1ccco1. The zero-order chi connectivity index (χ0) is 13.7. The van der Waals surface area contributed by atoms with Crippen LogP contribution in [-0.2, 0) is 4.79 Å². The summed E-state index contributed by atoms with van der Waals surface area (Å²) in [5.74, 6) is -0.464. The van der Waals surface area contributed by atoms with Crippen molar-refractivity contribution in [1.29, 1.82) is 5.26 Å². The van der Waals surface area contributed by atoms with Crippen LogP contribution in [0.15, 0.2) is 53.1 Å². The number of carbonyl (C=O) groups is 1. The lowest BCUT2D eigenvalue weighted by molar-refractivity contribution is -0.122. The molecule has 0 radical (unpaired) electrons. The Morgan fingerprint density at radius 3 is 2.58 bits per heavy atom. The summed E-state index contributed by atoms with van der Waals surface area (Å²) in [6, 6.07) is 14.3. The van der Waals surface area contributed by atoms with Gasteiger partial charge in [0.15, 0.2) is 0 Å². The summed E-state index contributed by atoms with van der Waals surface area (Å²) in [7, 11) is 0. The molecule has 0 spiro atoms. The molecule has 1 aromatic carbocycles. The van der Waals surface area contributed by atoms with Gasteiger partial charge in [0.25, 0.3) is 0 Å². The van der Waals surface area contributed by atoms with E-state index in [0.717, 1.165) is 0 Å². The third-order valence-corrected chi connectivity index (χ3v) is 2.85. The van der Waals surface area contributed by atoms with Crippen LogP contribution >= 0.6 is 0 Å². The van der Waals surface area contributed by atoms with Crippen molar-refractivity contribution >= 4 is 5.91 Å². The fourth-order valence-electron chi connectivity index (χ4n) is 1.84. The molecule has 0 bridgehead atoms. The van der Waals surface area contributed by atoms with E-state index in [1.54, 1.807) is 30.5 Å². The number of carbonyl (C=O) groups excluding carboxylic acids is 1. The molecule has 2 unspecified atom stereocenters. The first-order valence-corrected chi connectivity index (χ1v) is 6.00. The predicted octanol–water partition coefficient (Wildman–Crippen LogP) is 2.76. The molecule has 19 heavy (non-hydrogen) atoms. The second-order valence-electron chi connectivity index (χ2n) is 4.22. The number of nitriles is 1. The smallest absolute Gasteiger partial charge is 0.242 e. The highest BCUT2D eigenvalue weighted by molar-refractivity contribution is 5.86. The fraction of sp³-hybridized carbons (Fsp3) is 0.200. The second kappa shape index (κ2) is 5.87. The molecule has 1 N–H and O–H groups in total. The minimum absolute atomic E-state index is 0.262. The van der Waals surface area contributed by atoms with E-state index in [9.17, 15) is 4.79 Å². The van der Waals surface area contributed by atoms with Crippen LogP contribution in [0.2, 0.25) is 0 Å². The van der Waals surface area contributed by atoms with Crippen molar-refractivity contribution in [2.24, 2.45) is 0 Å². The van der Waals surface area contributed by atoms with Crippen molar-refractivity contribution in [2.45, 2.75) is 18.9 Å². The molecule has 2 aromatic rings. The van der Waals surface area contributed by atoms with Crippen LogP contribution in [0.4, 0.5) is 0 Å². The maximum Gasteiger partial charge on any atom is 0.242 e. The van der Waals surface area contributed by atoms with Gasteiger partial charge in [0.05, 0.1) is 18.4 Å². The molecule has 4 heteroatoms. The summed E-state index contributed by atoms with van der Waals surface area (Å²) in [5.41, 5.74) is 0.689. The molecule has 1 heterocycles. The minimum Gasteiger partial charge on any atom is -0.467 e. The number of benzene rings is 1. The molecule has 0 aliphatic carbocycles. The molecular formula is C15H14N2O2. The van der Waals surface area contributed by atoms with Gasteiger partial charge in [-0.05, 0) is 24.6 Å². The summed E-state index contributed by atoms with van der Waals surface area (Å²) in [5, 5.41) is 11.9. The zero-order valence-electron chi connectivity index (χ0n) is 10.5. The normalized spacial score (nSPS) is 13.3. The topological polar surface area (TPSA) is 66.0 Å². The summed E-state index contributed by atoms with van der Waals surface area (Å²) in [6.45, 7) is 1.82. The molecule has 0 aliphatic rings. The predicted molar refractivity (Wildman–Crippen MR) is 70.1 cm³/mol. The third kappa shape index (κ3) is 3.02. The van der Waals surface area contributed by atoms with Crippen LogP contribution in [0.1, 0.15) is 30.2 Å². The molecule has 0 saturated heterocycles. The molecular weight excluding hydrogens is 240 g/mol. The molecule has 1 amide bonds. The lowest BCUT2D eigenvalue weighted by Crippen LogP contribution is -2.30. The Morgan fingerprint density at radius 2 is 2.00 bits per heavy atom. The first kappa shape index (κ1) is 12.9. The monoisotopic (exact) mass is 254 g/mol. The van der Waals surface area contributed by atoms with Crippen molar-refractivity contribution in [3.8, 4) is 6.07 Å². The van der Waals surface area contributed by atoms with E-state index in [0.29, 0.717) is 11.3 Å². The zero-order valence-corrected chi connectivity index (χ0v) is 10.5. The molecule has 2 atom stereocenters. The highest BCUT2D eigenvalue weighted by atomic mass is 16.3. The van der Waals surface area contributed by atoms with Crippen LogP contribution in [0.3, 0.4) is 0 Å². The van der Waals surface area contributed by atoms with Crippen molar-refractivity contribution in [1.82, 2.24) is 5.32 Å². The highest BCUT2D eigenvalue weighted by Crippen LogP contribution is 2.18. The number of hydrogen-bond acceptors (Lipinski definition) is 3. The Labute approximate surface area is 111 Å². The Hall–Kier alpha value is -2.54. The van der Waals surface area contributed by atoms with E-state index < -0.39 is 5.92 Å². The second-order valence-corrected chi connectivity index (χ2v) is 4.22. The van der Waals surface area contributed by atoms with Crippen molar-refractivity contribution in [3.63, 3.8) is 0 Å². The van der Waals surface area contributed by atoms with Gasteiger partial charge >= 0.3 is 0 Å². The number of amides is 1. The van der Waals surface area contributed by atoms with Gasteiger partial charge in [-0.1, -0.05) is 30.3 Å². The number of nitrogens with one attached hydrogen (secondary N) is 1. The Kier molecular flexibility index (Phi) is 3.99. The molecule has 2 rings (SSSR count). The van der Waals surface area contributed by atoms with Gasteiger partial charge in [-0.2, -0.15) is 5.26 Å². The van der Waals surface area contributed by atoms with Crippen LogP contribution in [0.25, 0.3) is 0 Å². The molecule has 0 aliphatic heterocycles. The first-order chi connectivity index (χ1) is 9.22. The standard InChI is InChI=1S/C15H14N2O2/c1-11(14-8-5-9-19-14)17-15(18)13(10-16)12-6-3-2-4-7-12/h2-9,11,13H,1H3,(H,17,18). The minimum atomic E-state index is -0.807. The van der Waals surface area contributed by atoms with E-state index in [1.165, 1.54) is 0 Å². The van der Waals surface area contributed by atoms with Crippen molar-refractivity contribution in [2.75, 3.05) is 0 Å². The lowest BCUT2D eigenvalue weighted by atomic mass is 9.99. The number of rotatable bonds is 4. The van der Waals surface area contributed by atoms with Gasteiger partial charge in [0, 0.05) is 0 Å². The fourth-order valence-corrected chi connectivity index (χ4v) is 1.84. The van der Waals surface area contributed by atoms with Crippen LogP contribution in [0.5, 0.6) is 0 Å². The van der Waals surface area contributed by atoms with Gasteiger partial charge < -0.3 is 9.73 Å². The number of hydrogen-bond donors (Lipinski definition) is 1. The molecule has 0 saturated carbocycles. The van der Waals surface area contributed by atoms with E-state index in [-0.39, 0.29) is 11.9 Å². The molecule has 4 nitrogen and oxygen atoms in total. The largest absolute Gasteiger partial charge is 0.467 e. The van der Waals surface area contributed by atoms with E-state index in [2.05, 4.69) is 5.32 Å². The van der Waals surface area contributed by atoms with Gasteiger partial charge in [0.1, 0.15) is 11.7 Å². The average molecular weight is 254 g/mol. The van der Waals surface area contributed by atoms with E-state index in [1.807, 2.05) is 31.2 Å². The third-order valence-electron chi connectivity index (χ3n) is 2.85. The van der Waals surface area contributed by atoms with E-state index in [4.69, 9.17) is 9.68 Å². The van der Waals surface area contributed by atoms with Crippen LogP contribution in [-0.4, -0.2) is 5.91 Å². The summed E-state index contributed by atoms with van der Waals surface area (Å²) in [6.07, 6.45) is 1.55. The molecule has 0 fully saturated rings. The number of nitrogens with zero attached hydrogens (tertiary/aromatic N) is 1. The summed E-state index contributed by atoms with van der Waals surface area (Å²) >= 11 is 0. The van der Waals surface area contributed by atoms with Gasteiger partial charge in [-0.25, -0.2) is 0 Å². The molecule has 96 valence electrons. The van der Waals surface area contributed by atoms with Crippen molar-refractivity contribution in [3.05, 3.63) is 60.1 Å². The lowest BCUT2D eigenvalue weighted by Gasteiger charge is -2.14. The van der Waals surface area contributed by atoms with Gasteiger partial charge in [0.2, 0.25) is 5.91 Å². The quantitative estimate of drug-likeness (QED) is 0.912. The van der Waals surface area contributed by atoms with Crippen molar-refractivity contribution < 1.29 is 9.21 Å². The number of furan rings is 1. The highest BCUT2D eigenvalue weighted by Gasteiger charge is 2.22. The Balaban J connectivity index is 2.09. The Bertz CT molecular complexity index is 570. The summed E-state index contributed by atoms with van der Waals surface area (Å²) in [4.78, 5) is 12.1. The van der Waals surface area contributed by atoms with Gasteiger partial charge in [-0.15, -0.1) is 0 Å². The summed E-state index contributed by atoms with van der Waals surface area (Å²) < 4.78 is 5.22. The average Bonchev–Trinajstić information content (AvgIpc) is 2.94. The Morgan fingerprint density at radius 1 is 1.26 bits per heavy atom. The van der Waals surface area contributed by atoms with Crippen LogP contribution < -0.4 is 5.32 Å². The maximum atomic E-state index is 12.1. The van der Waals surface area contributed by atoms with Crippen LogP contribution in [0, 0.1) is 11.3 Å². The maximum absolute atomic E-state index is 12.1.